The van der Waals surface area contributed by atoms with Crippen LogP contribution in [0.3, 0.4) is 0 Å². The molecule has 1 fully saturated rings. The van der Waals surface area contributed by atoms with Gasteiger partial charge in [0.1, 0.15) is 11.9 Å². The number of ether oxygens (including phenoxy) is 1. The molecular formula is C15H19FN2O3. The van der Waals surface area contributed by atoms with E-state index in [-0.39, 0.29) is 24.1 Å². The summed E-state index contributed by atoms with van der Waals surface area (Å²) >= 11 is 0. The fourth-order valence-electron chi connectivity index (χ4n) is 2.38. The molecule has 1 aromatic carbocycles. The van der Waals surface area contributed by atoms with Crippen LogP contribution in [0, 0.1) is 5.82 Å². The average molecular weight is 294 g/mol. The lowest BCUT2D eigenvalue weighted by molar-refractivity contribution is -0.148. The molecule has 1 saturated heterocycles. The van der Waals surface area contributed by atoms with Gasteiger partial charge in [0.2, 0.25) is 5.91 Å². The minimum absolute atomic E-state index is 0.0286. The predicted octanol–water partition coefficient (Wildman–Crippen LogP) is 1.08. The van der Waals surface area contributed by atoms with Crippen LogP contribution in [0.25, 0.3) is 0 Å². The molecule has 6 heteroatoms. The van der Waals surface area contributed by atoms with Crippen molar-refractivity contribution in [3.05, 3.63) is 35.6 Å². The third-order valence-corrected chi connectivity index (χ3v) is 3.41. The summed E-state index contributed by atoms with van der Waals surface area (Å²) in [6.45, 7) is 3.71. The van der Waals surface area contributed by atoms with Crippen molar-refractivity contribution in [2.75, 3.05) is 19.7 Å². The second-order valence-electron chi connectivity index (χ2n) is 4.91. The van der Waals surface area contributed by atoms with E-state index in [9.17, 15) is 14.0 Å². The summed E-state index contributed by atoms with van der Waals surface area (Å²) in [5, 5.41) is 2.76. The summed E-state index contributed by atoms with van der Waals surface area (Å²) in [6, 6.07) is 5.61. The van der Waals surface area contributed by atoms with Crippen molar-refractivity contribution in [2.45, 2.75) is 25.9 Å². The molecule has 0 bridgehead atoms. The maximum Gasteiger partial charge on any atom is 0.307 e. The van der Waals surface area contributed by atoms with E-state index in [2.05, 4.69) is 5.32 Å². The maximum absolute atomic E-state index is 12.9. The molecule has 114 valence electrons. The zero-order chi connectivity index (χ0) is 15.2. The molecule has 1 aliphatic heterocycles. The minimum Gasteiger partial charge on any atom is -0.466 e. The normalized spacial score (nSPS) is 19.1. The van der Waals surface area contributed by atoms with E-state index < -0.39 is 6.04 Å². The van der Waals surface area contributed by atoms with Gasteiger partial charge in [-0.15, -0.1) is 0 Å². The van der Waals surface area contributed by atoms with Crippen LogP contribution in [0.1, 0.15) is 18.9 Å². The van der Waals surface area contributed by atoms with E-state index in [0.29, 0.717) is 26.2 Å². The molecule has 0 saturated carbocycles. The first-order valence-electron chi connectivity index (χ1n) is 7.02. The number of hydrogen-bond acceptors (Lipinski definition) is 4. The lowest BCUT2D eigenvalue weighted by Crippen LogP contribution is -2.55. The van der Waals surface area contributed by atoms with E-state index in [1.165, 1.54) is 12.1 Å². The van der Waals surface area contributed by atoms with E-state index >= 15 is 0 Å². The maximum atomic E-state index is 12.9. The van der Waals surface area contributed by atoms with Gasteiger partial charge in [-0.25, -0.2) is 4.39 Å². The first kappa shape index (κ1) is 15.4. The summed E-state index contributed by atoms with van der Waals surface area (Å²) in [4.78, 5) is 25.5. The van der Waals surface area contributed by atoms with Gasteiger partial charge in [-0.2, -0.15) is 0 Å². The molecule has 1 aliphatic rings. The number of benzene rings is 1. The highest BCUT2D eigenvalue weighted by Gasteiger charge is 2.31. The Morgan fingerprint density at radius 2 is 2.14 bits per heavy atom. The van der Waals surface area contributed by atoms with E-state index in [0.717, 1.165) is 5.56 Å². The Hall–Kier alpha value is -1.95. The van der Waals surface area contributed by atoms with Gasteiger partial charge in [-0.1, -0.05) is 12.1 Å². The number of carbonyl (C=O) groups excluding carboxylic acids is 2. The van der Waals surface area contributed by atoms with Crippen LogP contribution in [0.4, 0.5) is 4.39 Å². The van der Waals surface area contributed by atoms with Gasteiger partial charge in [0.25, 0.3) is 0 Å². The molecule has 0 spiro atoms. The average Bonchev–Trinajstić information content (AvgIpc) is 2.45. The number of amides is 1. The van der Waals surface area contributed by atoms with Gasteiger partial charge in [0.15, 0.2) is 0 Å². The Kier molecular flexibility index (Phi) is 5.27. The first-order chi connectivity index (χ1) is 10.1. The van der Waals surface area contributed by atoms with Crippen molar-refractivity contribution in [3.8, 4) is 0 Å². The largest absolute Gasteiger partial charge is 0.466 e. The number of piperazine rings is 1. The zero-order valence-corrected chi connectivity index (χ0v) is 12.0. The third kappa shape index (κ3) is 4.26. The summed E-state index contributed by atoms with van der Waals surface area (Å²) in [5.74, 6) is -0.849. The highest BCUT2D eigenvalue weighted by Crippen LogP contribution is 2.15. The second kappa shape index (κ2) is 7.17. The van der Waals surface area contributed by atoms with E-state index in [4.69, 9.17) is 4.74 Å². The predicted molar refractivity (Wildman–Crippen MR) is 74.9 cm³/mol. The third-order valence-electron chi connectivity index (χ3n) is 3.41. The van der Waals surface area contributed by atoms with Crippen molar-refractivity contribution < 1.29 is 18.7 Å². The molecule has 1 unspecified atom stereocenters. The van der Waals surface area contributed by atoms with Gasteiger partial charge >= 0.3 is 5.97 Å². The Morgan fingerprint density at radius 1 is 1.43 bits per heavy atom. The molecule has 2 rings (SSSR count). The van der Waals surface area contributed by atoms with Crippen molar-refractivity contribution in [2.24, 2.45) is 0 Å². The molecule has 0 aliphatic carbocycles. The molecular weight excluding hydrogens is 275 g/mol. The number of hydrogen-bond donors (Lipinski definition) is 1. The number of nitrogens with one attached hydrogen (secondary N) is 1. The molecule has 1 aromatic rings. The second-order valence-corrected chi connectivity index (χ2v) is 4.91. The Labute approximate surface area is 123 Å². The standard InChI is InChI=1S/C15H19FN2O3/c1-2-21-14(19)9-13-15(20)17-7-8-18(13)10-11-3-5-12(16)6-4-11/h3-6,13H,2,7-10H2,1H3,(H,17,20). The van der Waals surface area contributed by atoms with E-state index in [1.807, 2.05) is 4.90 Å². The molecule has 5 nitrogen and oxygen atoms in total. The van der Waals surface area contributed by atoms with Gasteiger partial charge < -0.3 is 10.1 Å². The molecule has 0 aromatic heterocycles. The first-order valence-corrected chi connectivity index (χ1v) is 7.02. The summed E-state index contributed by atoms with van der Waals surface area (Å²) in [5.41, 5.74) is 0.903. The number of nitrogens with zero attached hydrogens (tertiary/aromatic N) is 1. The fraction of sp³-hybridized carbons (Fsp3) is 0.467. The minimum atomic E-state index is -0.539. The van der Waals surface area contributed by atoms with Gasteiger partial charge in [0.05, 0.1) is 13.0 Å². The zero-order valence-electron chi connectivity index (χ0n) is 12.0. The van der Waals surface area contributed by atoms with Crippen LogP contribution in [0.2, 0.25) is 0 Å². The van der Waals surface area contributed by atoms with Crippen LogP contribution in [0.5, 0.6) is 0 Å². The number of rotatable bonds is 5. The fourth-order valence-corrected chi connectivity index (χ4v) is 2.38. The molecule has 0 radical (unpaired) electrons. The van der Waals surface area contributed by atoms with Crippen molar-refractivity contribution in [3.63, 3.8) is 0 Å². The Bertz CT molecular complexity index is 504. The summed E-state index contributed by atoms with van der Waals surface area (Å²) in [6.07, 6.45) is 0.0286. The number of halogens is 1. The Balaban J connectivity index is 2.05. The SMILES string of the molecule is CCOC(=O)CC1C(=O)NCCN1Cc1ccc(F)cc1. The smallest absolute Gasteiger partial charge is 0.307 e. The monoisotopic (exact) mass is 294 g/mol. The van der Waals surface area contributed by atoms with Gasteiger partial charge in [0, 0.05) is 19.6 Å². The molecule has 21 heavy (non-hydrogen) atoms. The van der Waals surface area contributed by atoms with Gasteiger partial charge in [-0.05, 0) is 24.6 Å². The number of esters is 1. The highest BCUT2D eigenvalue weighted by atomic mass is 19.1. The lowest BCUT2D eigenvalue weighted by Gasteiger charge is -2.34. The van der Waals surface area contributed by atoms with Crippen molar-refractivity contribution in [1.29, 1.82) is 0 Å². The molecule has 1 heterocycles. The van der Waals surface area contributed by atoms with E-state index in [1.54, 1.807) is 19.1 Å². The van der Waals surface area contributed by atoms with Crippen LogP contribution in [0.15, 0.2) is 24.3 Å². The van der Waals surface area contributed by atoms with Crippen molar-refractivity contribution in [1.82, 2.24) is 10.2 Å². The summed E-state index contributed by atoms with van der Waals surface area (Å²) in [7, 11) is 0. The van der Waals surface area contributed by atoms with Crippen LogP contribution in [-0.4, -0.2) is 42.5 Å². The molecule has 1 atom stereocenters. The molecule has 1 N–H and O–H groups in total. The lowest BCUT2D eigenvalue weighted by atomic mass is 10.1. The molecule has 1 amide bonds. The quantitative estimate of drug-likeness (QED) is 0.826. The van der Waals surface area contributed by atoms with Crippen molar-refractivity contribution >= 4 is 11.9 Å². The van der Waals surface area contributed by atoms with Gasteiger partial charge in [-0.3, -0.25) is 14.5 Å². The van der Waals surface area contributed by atoms with Crippen LogP contribution < -0.4 is 5.32 Å². The Morgan fingerprint density at radius 3 is 2.81 bits per heavy atom. The summed E-state index contributed by atoms with van der Waals surface area (Å²) < 4.78 is 17.8. The van der Waals surface area contributed by atoms with Crippen LogP contribution in [-0.2, 0) is 20.9 Å². The number of carbonyl (C=O) groups is 2. The van der Waals surface area contributed by atoms with Crippen LogP contribution >= 0.6 is 0 Å². The topological polar surface area (TPSA) is 58.6 Å². The highest BCUT2D eigenvalue weighted by molar-refractivity contribution is 5.87.